The Morgan fingerprint density at radius 1 is 1.14 bits per heavy atom. The number of guanidine groups is 1. The van der Waals surface area contributed by atoms with Crippen LogP contribution in [-0.4, -0.2) is 75.2 Å². The fraction of sp³-hybridized carbons (Fsp3) is 0.682. The molecule has 2 aliphatic rings. The van der Waals surface area contributed by atoms with Gasteiger partial charge in [-0.2, -0.15) is 0 Å². The second-order valence-corrected chi connectivity index (χ2v) is 7.99. The lowest BCUT2D eigenvalue weighted by atomic mass is 10.1. The number of nitrogens with one attached hydrogen (secondary N) is 2. The molecule has 1 aromatic rings. The van der Waals surface area contributed by atoms with Crippen LogP contribution in [0.15, 0.2) is 23.2 Å². The van der Waals surface area contributed by atoms with E-state index in [2.05, 4.69) is 57.5 Å². The molecule has 1 aromatic carbocycles. The number of likely N-dealkylation sites (N-methyl/N-ethyl adjacent to an activating group) is 1. The van der Waals surface area contributed by atoms with Crippen LogP contribution in [0.3, 0.4) is 0 Å². The monoisotopic (exact) mass is 387 g/mol. The zero-order valence-corrected chi connectivity index (χ0v) is 17.8. The van der Waals surface area contributed by atoms with E-state index in [1.165, 1.54) is 37.1 Å². The van der Waals surface area contributed by atoms with Gasteiger partial charge in [-0.3, -0.25) is 9.89 Å². The van der Waals surface area contributed by atoms with E-state index in [0.717, 1.165) is 63.5 Å². The van der Waals surface area contributed by atoms with Gasteiger partial charge in [-0.15, -0.1) is 0 Å². The third kappa shape index (κ3) is 6.67. The molecule has 1 aliphatic carbocycles. The van der Waals surface area contributed by atoms with Crippen molar-refractivity contribution in [3.8, 4) is 5.75 Å². The van der Waals surface area contributed by atoms with Gasteiger partial charge in [0.2, 0.25) is 0 Å². The van der Waals surface area contributed by atoms with Crippen LogP contribution in [0.4, 0.5) is 0 Å². The minimum absolute atomic E-state index is 0.717. The number of aliphatic imine (C=N–C) groups is 1. The molecule has 1 saturated heterocycles. The predicted octanol–water partition coefficient (Wildman–Crippen LogP) is 2.09. The van der Waals surface area contributed by atoms with Gasteiger partial charge >= 0.3 is 0 Å². The molecule has 156 valence electrons. The number of ether oxygens (including phenoxy) is 1. The number of aryl methyl sites for hydroxylation is 1. The van der Waals surface area contributed by atoms with E-state index in [0.29, 0.717) is 0 Å². The van der Waals surface area contributed by atoms with Crippen molar-refractivity contribution in [2.45, 2.75) is 33.2 Å². The summed E-state index contributed by atoms with van der Waals surface area (Å²) >= 11 is 0. The minimum Gasteiger partial charge on any atom is -0.493 e. The summed E-state index contributed by atoms with van der Waals surface area (Å²) in [4.78, 5) is 9.40. The molecule has 2 N–H and O–H groups in total. The van der Waals surface area contributed by atoms with Crippen molar-refractivity contribution < 1.29 is 4.74 Å². The van der Waals surface area contributed by atoms with Crippen LogP contribution < -0.4 is 15.4 Å². The number of nitrogens with zero attached hydrogens (tertiary/aromatic N) is 3. The molecule has 0 atom stereocenters. The van der Waals surface area contributed by atoms with E-state index in [1.807, 2.05) is 7.05 Å². The van der Waals surface area contributed by atoms with E-state index in [1.54, 1.807) is 0 Å². The van der Waals surface area contributed by atoms with Gasteiger partial charge in [0.25, 0.3) is 0 Å². The molecule has 1 saturated carbocycles. The SMILES string of the molecule is CCN1CCN(CCNC(=NC)NCc2ccc(C)cc2OCC2CC2)CC1. The first-order valence-electron chi connectivity index (χ1n) is 10.8. The lowest BCUT2D eigenvalue weighted by Gasteiger charge is -2.34. The molecular weight excluding hydrogens is 350 g/mol. The molecule has 0 bridgehead atoms. The van der Waals surface area contributed by atoms with Crippen LogP contribution in [0.5, 0.6) is 5.75 Å². The summed E-state index contributed by atoms with van der Waals surface area (Å²) in [5.74, 6) is 2.61. The standard InChI is InChI=1S/C22H37N5O/c1-4-26-11-13-27(14-12-26)10-9-24-22(23-3)25-16-20-8-5-18(2)15-21(20)28-17-19-6-7-19/h5,8,15,19H,4,6-7,9-14,16-17H2,1-3H3,(H2,23,24,25). The van der Waals surface area contributed by atoms with Crippen LogP contribution in [-0.2, 0) is 6.54 Å². The molecule has 1 aliphatic heterocycles. The molecule has 2 fully saturated rings. The van der Waals surface area contributed by atoms with Crippen molar-refractivity contribution >= 4 is 5.96 Å². The molecule has 3 rings (SSSR count). The van der Waals surface area contributed by atoms with E-state index in [-0.39, 0.29) is 0 Å². The summed E-state index contributed by atoms with van der Waals surface area (Å²) in [5.41, 5.74) is 2.42. The number of hydrogen-bond donors (Lipinski definition) is 2. The third-order valence-corrected chi connectivity index (χ3v) is 5.70. The first kappa shape index (κ1) is 20.9. The highest BCUT2D eigenvalue weighted by Gasteiger charge is 2.22. The van der Waals surface area contributed by atoms with Crippen molar-refractivity contribution in [2.24, 2.45) is 10.9 Å². The number of hydrogen-bond acceptors (Lipinski definition) is 4. The van der Waals surface area contributed by atoms with Gasteiger partial charge in [-0.05, 0) is 43.9 Å². The molecule has 1 heterocycles. The fourth-order valence-corrected chi connectivity index (χ4v) is 3.50. The molecule has 6 nitrogen and oxygen atoms in total. The maximum Gasteiger partial charge on any atom is 0.191 e. The van der Waals surface area contributed by atoms with Crippen molar-refractivity contribution in [3.05, 3.63) is 29.3 Å². The van der Waals surface area contributed by atoms with Crippen molar-refractivity contribution in [1.82, 2.24) is 20.4 Å². The van der Waals surface area contributed by atoms with Crippen LogP contribution in [0.1, 0.15) is 30.9 Å². The summed E-state index contributed by atoms with van der Waals surface area (Å²) in [6, 6.07) is 6.45. The van der Waals surface area contributed by atoms with Crippen LogP contribution >= 0.6 is 0 Å². The Bertz CT molecular complexity index is 636. The average Bonchev–Trinajstić information content (AvgIpc) is 3.55. The number of rotatable bonds is 9. The second-order valence-electron chi connectivity index (χ2n) is 7.99. The molecule has 0 radical (unpaired) electrons. The topological polar surface area (TPSA) is 52.1 Å². The Labute approximate surface area is 170 Å². The Balaban J connectivity index is 1.41. The Kier molecular flexibility index (Phi) is 7.98. The largest absolute Gasteiger partial charge is 0.493 e. The highest BCUT2D eigenvalue weighted by Crippen LogP contribution is 2.30. The smallest absolute Gasteiger partial charge is 0.191 e. The first-order valence-corrected chi connectivity index (χ1v) is 10.8. The molecule has 0 spiro atoms. The molecule has 0 aromatic heterocycles. The maximum atomic E-state index is 6.08. The molecule has 6 heteroatoms. The summed E-state index contributed by atoms with van der Waals surface area (Å²) in [6.45, 7) is 13.7. The highest BCUT2D eigenvalue weighted by atomic mass is 16.5. The fourth-order valence-electron chi connectivity index (χ4n) is 3.50. The molecular formula is C22H37N5O. The first-order chi connectivity index (χ1) is 13.7. The zero-order chi connectivity index (χ0) is 19.8. The average molecular weight is 388 g/mol. The molecule has 0 amide bonds. The van der Waals surface area contributed by atoms with Gasteiger partial charge in [-0.25, -0.2) is 0 Å². The lowest BCUT2D eigenvalue weighted by Crippen LogP contribution is -2.49. The number of piperazine rings is 1. The van der Waals surface area contributed by atoms with Gasteiger partial charge in [-0.1, -0.05) is 19.1 Å². The van der Waals surface area contributed by atoms with Gasteiger partial charge < -0.3 is 20.3 Å². The van der Waals surface area contributed by atoms with Crippen molar-refractivity contribution in [3.63, 3.8) is 0 Å². The molecule has 28 heavy (non-hydrogen) atoms. The summed E-state index contributed by atoms with van der Waals surface area (Å²) in [5, 5.41) is 6.88. The van der Waals surface area contributed by atoms with Gasteiger partial charge in [0.05, 0.1) is 6.61 Å². The Morgan fingerprint density at radius 2 is 1.89 bits per heavy atom. The lowest BCUT2D eigenvalue weighted by molar-refractivity contribution is 0.139. The third-order valence-electron chi connectivity index (χ3n) is 5.70. The summed E-state index contributed by atoms with van der Waals surface area (Å²) in [7, 11) is 1.83. The van der Waals surface area contributed by atoms with E-state index in [4.69, 9.17) is 4.74 Å². The van der Waals surface area contributed by atoms with Crippen LogP contribution in [0, 0.1) is 12.8 Å². The highest BCUT2D eigenvalue weighted by molar-refractivity contribution is 5.79. The zero-order valence-electron chi connectivity index (χ0n) is 17.8. The van der Waals surface area contributed by atoms with Gasteiger partial charge in [0.1, 0.15) is 5.75 Å². The van der Waals surface area contributed by atoms with E-state index >= 15 is 0 Å². The minimum atomic E-state index is 0.717. The van der Waals surface area contributed by atoms with E-state index in [9.17, 15) is 0 Å². The second kappa shape index (κ2) is 10.7. The normalized spacial score (nSPS) is 18.9. The van der Waals surface area contributed by atoms with Crippen LogP contribution in [0.2, 0.25) is 0 Å². The van der Waals surface area contributed by atoms with Crippen molar-refractivity contribution in [1.29, 1.82) is 0 Å². The van der Waals surface area contributed by atoms with Crippen molar-refractivity contribution in [2.75, 3.05) is 59.5 Å². The van der Waals surface area contributed by atoms with E-state index < -0.39 is 0 Å². The molecule has 0 unspecified atom stereocenters. The van der Waals surface area contributed by atoms with Crippen LogP contribution in [0.25, 0.3) is 0 Å². The Hall–Kier alpha value is -1.79. The summed E-state index contributed by atoms with van der Waals surface area (Å²) in [6.07, 6.45) is 2.62. The van der Waals surface area contributed by atoms with Gasteiger partial charge in [0.15, 0.2) is 5.96 Å². The maximum absolute atomic E-state index is 6.08. The Morgan fingerprint density at radius 3 is 2.57 bits per heavy atom. The quantitative estimate of drug-likeness (QED) is 0.502. The predicted molar refractivity (Wildman–Crippen MR) is 116 cm³/mol. The van der Waals surface area contributed by atoms with Gasteiger partial charge in [0, 0.05) is 58.4 Å². The number of benzene rings is 1. The summed E-state index contributed by atoms with van der Waals surface area (Å²) < 4.78 is 6.08.